The molecule has 2 fully saturated rings. The van der Waals surface area contributed by atoms with Crippen LogP contribution in [0.4, 0.5) is 0 Å². The number of hydrogen-bond donors (Lipinski definition) is 2. The third kappa shape index (κ3) is 57.8. The first-order chi connectivity index (χ1) is 54.3. The van der Waals surface area contributed by atoms with E-state index < -0.39 is 0 Å². The van der Waals surface area contributed by atoms with Crippen molar-refractivity contribution < 1.29 is 42.9 Å². The Labute approximate surface area is 696 Å². The van der Waals surface area contributed by atoms with E-state index >= 15 is 0 Å². The van der Waals surface area contributed by atoms with Crippen LogP contribution in [0.15, 0.2) is 0 Å². The summed E-state index contributed by atoms with van der Waals surface area (Å²) in [6.45, 7) is 30.8. The number of unbranched alkanes of at least 4 members (excludes halogenated alkanes) is 32. The summed E-state index contributed by atoms with van der Waals surface area (Å²) < 4.78 is 29.9. The van der Waals surface area contributed by atoms with Crippen LogP contribution >= 0.6 is 24.4 Å². The van der Waals surface area contributed by atoms with Gasteiger partial charge in [0.25, 0.3) is 0 Å². The van der Waals surface area contributed by atoms with Crippen LogP contribution in [0.1, 0.15) is 421 Å². The van der Waals surface area contributed by atoms with Crippen molar-refractivity contribution in [3.8, 4) is 0 Å². The van der Waals surface area contributed by atoms with Crippen LogP contribution in [0.5, 0.6) is 0 Å². The van der Waals surface area contributed by atoms with Gasteiger partial charge in [-0.3, -0.25) is 24.1 Å². The van der Waals surface area contributed by atoms with E-state index in [0.29, 0.717) is 84.3 Å². The second-order valence-electron chi connectivity index (χ2n) is 34.0. The van der Waals surface area contributed by atoms with Gasteiger partial charge in [-0.2, -0.15) is 0 Å². The minimum Gasteiger partial charge on any atom is -0.465 e. The Morgan fingerprint density at radius 1 is 0.360 bits per heavy atom. The number of hydrogen-bond acceptors (Lipinski definition) is 13. The molecule has 2 N–H and O–H groups in total. The molecule has 0 radical (unpaired) electrons. The average Bonchev–Trinajstić information content (AvgIpc) is 0.873. The smallest absolute Gasteiger partial charge is 0.308 e. The number of carbonyl (C=O) groups excluding carboxylic acids is 4. The molecule has 15 nitrogen and oxygen atoms in total. The summed E-state index contributed by atoms with van der Waals surface area (Å²) in [6.07, 6.45) is 63.9. The summed E-state index contributed by atoms with van der Waals surface area (Å²) in [7, 11) is 0. The quantitative estimate of drug-likeness (QED) is 0.0257. The first-order valence-corrected chi connectivity index (χ1v) is 48.9. The Bertz CT molecular complexity index is 2130. The number of nitrogens with one attached hydrogen (secondary N) is 2. The first kappa shape index (κ1) is 104. The normalized spacial score (nSPS) is 15.9. The minimum atomic E-state index is -0.0504. The minimum absolute atomic E-state index is 0.0124. The van der Waals surface area contributed by atoms with Gasteiger partial charge in [0.15, 0.2) is 10.2 Å². The molecule has 0 spiro atoms. The summed E-state index contributed by atoms with van der Waals surface area (Å²) in [5.41, 5.74) is 0. The standard InChI is InChI=1S/C94H180N6O9S2/c1-9-16-23-30-36-45-60-85(56-41-26-19-12-4)89(101)106-76-51-70-98(93(110)95-66-49-68-97-74-80-105-81-75-97)71-52-77-109-92(104)88(59-44-29-22-15-7)63-48-39-34-33-35-40-55-84-65-64-83(8)100(82-84)69-50-67-96-94(111)99(72-53-78-107-90(102)86(57-42-27-20-13-5)61-46-37-31-24-17-10-2)73-54-79-108-91(103)87(58-43-28-21-14-6)62-47-38-32-25-18-11-3/h83-88H,9-82H2,1-8H3,(H,95,110)(H,96,111). The number of morpholine rings is 1. The molecule has 2 rings (SSSR count). The molecule has 0 aromatic rings. The predicted molar refractivity (Wildman–Crippen MR) is 477 cm³/mol. The average molecular weight is 1600 g/mol. The Kier molecular flexibility index (Phi) is 71.2. The van der Waals surface area contributed by atoms with Gasteiger partial charge in [-0.1, -0.05) is 305 Å². The van der Waals surface area contributed by atoms with Crippen LogP contribution in [-0.2, 0) is 42.9 Å². The summed E-state index contributed by atoms with van der Waals surface area (Å²) in [5, 5.41) is 8.64. The first-order valence-electron chi connectivity index (χ1n) is 48.1. The van der Waals surface area contributed by atoms with Gasteiger partial charge in [0.2, 0.25) is 0 Å². The van der Waals surface area contributed by atoms with Gasteiger partial charge in [-0.05, 0) is 153 Å². The van der Waals surface area contributed by atoms with Crippen LogP contribution in [0.3, 0.4) is 0 Å². The highest BCUT2D eigenvalue weighted by atomic mass is 32.1. The monoisotopic (exact) mass is 1600 g/mol. The van der Waals surface area contributed by atoms with E-state index in [1.54, 1.807) is 0 Å². The number of likely N-dealkylation sites (tertiary alicyclic amines) is 1. The Morgan fingerprint density at radius 2 is 0.631 bits per heavy atom. The molecule has 17 heteroatoms. The van der Waals surface area contributed by atoms with Crippen molar-refractivity contribution in [3.05, 3.63) is 0 Å². The lowest BCUT2D eigenvalue weighted by molar-refractivity contribution is -0.150. The fourth-order valence-electron chi connectivity index (χ4n) is 16.5. The van der Waals surface area contributed by atoms with E-state index in [1.165, 1.54) is 218 Å². The molecule has 0 amide bonds. The summed E-state index contributed by atoms with van der Waals surface area (Å²) in [6, 6.07) is 0.576. The van der Waals surface area contributed by atoms with Gasteiger partial charge < -0.3 is 49.0 Å². The van der Waals surface area contributed by atoms with Gasteiger partial charge in [-0.25, -0.2) is 0 Å². The van der Waals surface area contributed by atoms with Crippen molar-refractivity contribution in [2.45, 2.75) is 427 Å². The van der Waals surface area contributed by atoms with E-state index in [9.17, 15) is 19.2 Å². The predicted octanol–water partition coefficient (Wildman–Crippen LogP) is 24.0. The highest BCUT2D eigenvalue weighted by Gasteiger charge is 2.27. The van der Waals surface area contributed by atoms with E-state index in [1.807, 2.05) is 0 Å². The van der Waals surface area contributed by atoms with Gasteiger partial charge in [0.1, 0.15) is 0 Å². The van der Waals surface area contributed by atoms with E-state index in [-0.39, 0.29) is 47.5 Å². The molecule has 0 aromatic heterocycles. The molecule has 2 aliphatic rings. The van der Waals surface area contributed by atoms with Gasteiger partial charge in [0, 0.05) is 71.5 Å². The molecular formula is C94H180N6O9S2. The third-order valence-corrected chi connectivity index (χ3v) is 24.8. The van der Waals surface area contributed by atoms with E-state index in [0.717, 1.165) is 197 Å². The lowest BCUT2D eigenvalue weighted by Crippen LogP contribution is -2.44. The number of nitrogens with zero attached hydrogens (tertiary/aromatic N) is 4. The fraction of sp³-hybridized carbons (Fsp3) is 0.936. The molecule has 6 unspecified atom stereocenters. The molecule has 111 heavy (non-hydrogen) atoms. The van der Waals surface area contributed by atoms with Gasteiger partial charge in [-0.15, -0.1) is 0 Å². The van der Waals surface area contributed by atoms with Gasteiger partial charge in [0.05, 0.1) is 63.3 Å². The zero-order chi connectivity index (χ0) is 80.5. The molecule has 2 aliphatic heterocycles. The SMILES string of the molecule is CCCCCCCCC(CCCCCC)C(=O)OCCCN(CCCOC(=O)C(CCCCCC)CCCCCCCCC1CCC(C)N(CCCNC(=S)N(CCCOC(=O)C(CCCCCC)CCCCCCCC)CCCOC(=O)C(CCCCCC)CCCCCCCC)C1)C(=S)NCCCN1CCOCC1. The lowest BCUT2D eigenvalue weighted by atomic mass is 9.89. The largest absolute Gasteiger partial charge is 0.465 e. The number of ether oxygens (including phenoxy) is 5. The van der Waals surface area contributed by atoms with Gasteiger partial charge >= 0.3 is 23.9 Å². The fourth-order valence-corrected chi connectivity index (χ4v) is 17.1. The second kappa shape index (κ2) is 75.9. The van der Waals surface area contributed by atoms with Crippen molar-refractivity contribution in [1.29, 1.82) is 0 Å². The van der Waals surface area contributed by atoms with Crippen molar-refractivity contribution in [1.82, 2.24) is 30.2 Å². The molecule has 0 aromatic carbocycles. The number of esters is 4. The molecule has 2 heterocycles. The second-order valence-corrected chi connectivity index (χ2v) is 34.8. The van der Waals surface area contributed by atoms with Crippen LogP contribution < -0.4 is 10.6 Å². The Balaban J connectivity index is 1.94. The third-order valence-electron chi connectivity index (χ3n) is 24.0. The Hall–Kier alpha value is -2.86. The van der Waals surface area contributed by atoms with Crippen LogP contribution in [0.2, 0.25) is 0 Å². The maximum atomic E-state index is 13.9. The van der Waals surface area contributed by atoms with Crippen molar-refractivity contribution in [2.75, 3.05) is 112 Å². The summed E-state index contributed by atoms with van der Waals surface area (Å²) >= 11 is 12.2. The highest BCUT2D eigenvalue weighted by molar-refractivity contribution is 7.80. The van der Waals surface area contributed by atoms with Crippen molar-refractivity contribution in [3.63, 3.8) is 0 Å². The molecular weight excluding hydrogens is 1420 g/mol. The number of rotatable bonds is 78. The highest BCUT2D eigenvalue weighted by Crippen LogP contribution is 2.29. The van der Waals surface area contributed by atoms with Crippen molar-refractivity contribution in [2.24, 2.45) is 29.6 Å². The maximum Gasteiger partial charge on any atom is 0.308 e. The Morgan fingerprint density at radius 3 is 0.937 bits per heavy atom. The molecule has 0 bridgehead atoms. The van der Waals surface area contributed by atoms with Crippen molar-refractivity contribution >= 4 is 58.5 Å². The van der Waals surface area contributed by atoms with E-state index in [4.69, 9.17) is 48.1 Å². The van der Waals surface area contributed by atoms with Crippen LogP contribution in [0, 0.1) is 29.6 Å². The topological polar surface area (TPSA) is 151 Å². The molecule has 2 saturated heterocycles. The molecule has 0 saturated carbocycles. The van der Waals surface area contributed by atoms with Crippen LogP contribution in [0.25, 0.3) is 0 Å². The zero-order valence-corrected chi connectivity index (χ0v) is 75.7. The summed E-state index contributed by atoms with van der Waals surface area (Å²) in [4.78, 5) is 64.3. The number of thiocarbonyl (C=S) groups is 2. The number of piperidine rings is 1. The number of carbonyl (C=O) groups is 4. The van der Waals surface area contributed by atoms with Crippen LogP contribution in [-0.4, -0.2) is 171 Å². The maximum absolute atomic E-state index is 13.9. The lowest BCUT2D eigenvalue weighted by Gasteiger charge is -2.38. The molecule has 6 atom stereocenters. The van der Waals surface area contributed by atoms with E-state index in [2.05, 4.69) is 85.6 Å². The zero-order valence-electron chi connectivity index (χ0n) is 74.1. The summed E-state index contributed by atoms with van der Waals surface area (Å²) in [5.74, 6) is 0.545. The molecule has 652 valence electrons. The molecule has 0 aliphatic carbocycles.